The van der Waals surface area contributed by atoms with E-state index in [0.29, 0.717) is 13.2 Å². The molecule has 0 radical (unpaired) electrons. The van der Waals surface area contributed by atoms with Crippen LogP contribution in [0, 0.1) is 6.92 Å². The number of aryl methyl sites for hydroxylation is 2. The molecule has 1 amide bonds. The first-order valence-electron chi connectivity index (χ1n) is 7.69. The minimum Gasteiger partial charge on any atom is -0.379 e. The van der Waals surface area contributed by atoms with Crippen LogP contribution in [0.4, 0.5) is 5.69 Å². The number of hydrogen-bond donors (Lipinski definition) is 1. The van der Waals surface area contributed by atoms with Crippen LogP contribution in [0.3, 0.4) is 0 Å². The number of rotatable bonds is 4. The zero-order valence-corrected chi connectivity index (χ0v) is 13.5. The van der Waals surface area contributed by atoms with Crippen molar-refractivity contribution in [2.45, 2.75) is 39.7 Å². The Kier molecular flexibility index (Phi) is 5.01. The Morgan fingerprint density at radius 3 is 2.62 bits per heavy atom. The van der Waals surface area contributed by atoms with Crippen LogP contribution in [0.5, 0.6) is 0 Å². The van der Waals surface area contributed by atoms with Gasteiger partial charge >= 0.3 is 0 Å². The molecule has 1 N–H and O–H groups in total. The van der Waals surface area contributed by atoms with E-state index in [4.69, 9.17) is 4.74 Å². The molecule has 1 saturated heterocycles. The average Bonchev–Trinajstić information content (AvgIpc) is 2.50. The lowest BCUT2D eigenvalue weighted by Gasteiger charge is -2.39. The van der Waals surface area contributed by atoms with Crippen molar-refractivity contribution < 1.29 is 9.53 Å². The summed E-state index contributed by atoms with van der Waals surface area (Å²) in [5.41, 5.74) is 2.89. The van der Waals surface area contributed by atoms with E-state index in [9.17, 15) is 4.79 Å². The van der Waals surface area contributed by atoms with Crippen molar-refractivity contribution in [3.63, 3.8) is 0 Å². The van der Waals surface area contributed by atoms with Crippen LogP contribution in [0.1, 0.15) is 31.9 Å². The van der Waals surface area contributed by atoms with Gasteiger partial charge in [-0.2, -0.15) is 0 Å². The van der Waals surface area contributed by atoms with Crippen LogP contribution in [0.15, 0.2) is 18.2 Å². The summed E-state index contributed by atoms with van der Waals surface area (Å²) >= 11 is 0. The fraction of sp³-hybridized carbons (Fsp3) is 0.588. The van der Waals surface area contributed by atoms with Gasteiger partial charge in [-0.1, -0.05) is 13.0 Å². The predicted molar refractivity (Wildman–Crippen MR) is 85.7 cm³/mol. The van der Waals surface area contributed by atoms with E-state index < -0.39 is 5.54 Å². The molecule has 0 bridgehead atoms. The molecule has 1 fully saturated rings. The van der Waals surface area contributed by atoms with Crippen molar-refractivity contribution in [3.8, 4) is 0 Å². The van der Waals surface area contributed by atoms with Crippen molar-refractivity contribution in [1.82, 2.24) is 4.90 Å². The van der Waals surface area contributed by atoms with E-state index in [1.165, 1.54) is 11.1 Å². The average molecular weight is 290 g/mol. The van der Waals surface area contributed by atoms with Crippen molar-refractivity contribution in [1.29, 1.82) is 0 Å². The fourth-order valence-electron chi connectivity index (χ4n) is 2.68. The summed E-state index contributed by atoms with van der Waals surface area (Å²) in [5, 5.41) is 3.06. The monoisotopic (exact) mass is 290 g/mol. The molecule has 1 aromatic rings. The van der Waals surface area contributed by atoms with Crippen molar-refractivity contribution >= 4 is 11.6 Å². The summed E-state index contributed by atoms with van der Waals surface area (Å²) in [6, 6.07) is 6.11. The quantitative estimate of drug-likeness (QED) is 0.927. The molecule has 0 atom stereocenters. The van der Waals surface area contributed by atoms with Gasteiger partial charge in [-0.15, -0.1) is 0 Å². The lowest BCUT2D eigenvalue weighted by molar-refractivity contribution is -0.129. The van der Waals surface area contributed by atoms with Gasteiger partial charge in [0.25, 0.3) is 0 Å². The largest absolute Gasteiger partial charge is 0.379 e. The van der Waals surface area contributed by atoms with E-state index in [0.717, 1.165) is 25.2 Å². The topological polar surface area (TPSA) is 41.6 Å². The second-order valence-electron chi connectivity index (χ2n) is 6.11. The maximum atomic E-state index is 12.6. The predicted octanol–water partition coefficient (Wildman–Crippen LogP) is 2.61. The molecule has 1 aliphatic heterocycles. The van der Waals surface area contributed by atoms with Gasteiger partial charge in [0, 0.05) is 18.8 Å². The Bertz CT molecular complexity index is 506. The zero-order chi connectivity index (χ0) is 15.5. The van der Waals surface area contributed by atoms with Gasteiger partial charge in [0.2, 0.25) is 5.91 Å². The Balaban J connectivity index is 2.09. The summed E-state index contributed by atoms with van der Waals surface area (Å²) in [6.07, 6.45) is 0.975. The van der Waals surface area contributed by atoms with Crippen LogP contribution in [0.25, 0.3) is 0 Å². The number of carbonyl (C=O) groups excluding carboxylic acids is 1. The molecule has 0 unspecified atom stereocenters. The molecular formula is C17H26N2O2. The summed E-state index contributed by atoms with van der Waals surface area (Å²) in [7, 11) is 0. The first kappa shape index (κ1) is 16.0. The van der Waals surface area contributed by atoms with Gasteiger partial charge in [0.1, 0.15) is 0 Å². The van der Waals surface area contributed by atoms with Crippen molar-refractivity contribution in [2.24, 2.45) is 0 Å². The zero-order valence-electron chi connectivity index (χ0n) is 13.5. The number of anilines is 1. The number of carbonyl (C=O) groups is 1. The van der Waals surface area contributed by atoms with Gasteiger partial charge < -0.3 is 10.1 Å². The van der Waals surface area contributed by atoms with Gasteiger partial charge in [-0.25, -0.2) is 0 Å². The van der Waals surface area contributed by atoms with Crippen LogP contribution in [-0.4, -0.2) is 42.6 Å². The molecule has 0 saturated carbocycles. The lowest BCUT2D eigenvalue weighted by atomic mass is 10.00. The summed E-state index contributed by atoms with van der Waals surface area (Å²) < 4.78 is 5.36. The van der Waals surface area contributed by atoms with Crippen LogP contribution in [0.2, 0.25) is 0 Å². The van der Waals surface area contributed by atoms with Gasteiger partial charge in [-0.05, 0) is 50.5 Å². The number of ether oxygens (including phenoxy) is 1. The van der Waals surface area contributed by atoms with E-state index in [1.807, 2.05) is 19.9 Å². The maximum absolute atomic E-state index is 12.6. The molecule has 116 valence electrons. The highest BCUT2D eigenvalue weighted by molar-refractivity contribution is 5.97. The smallest absolute Gasteiger partial charge is 0.244 e. The maximum Gasteiger partial charge on any atom is 0.244 e. The second-order valence-corrected chi connectivity index (χ2v) is 6.11. The molecule has 21 heavy (non-hydrogen) atoms. The Hall–Kier alpha value is -1.39. The second kappa shape index (κ2) is 6.58. The van der Waals surface area contributed by atoms with E-state index in [2.05, 4.69) is 36.2 Å². The number of nitrogens with zero attached hydrogens (tertiary/aromatic N) is 1. The molecule has 0 aliphatic carbocycles. The normalized spacial score (nSPS) is 16.8. The summed E-state index contributed by atoms with van der Waals surface area (Å²) in [5.74, 6) is 0.0373. The molecule has 1 aromatic carbocycles. The minimum absolute atomic E-state index is 0.0373. The number of benzene rings is 1. The Morgan fingerprint density at radius 2 is 2.00 bits per heavy atom. The molecular weight excluding hydrogens is 264 g/mol. The van der Waals surface area contributed by atoms with Gasteiger partial charge in [0.05, 0.1) is 18.8 Å². The van der Waals surface area contributed by atoms with Crippen molar-refractivity contribution in [2.75, 3.05) is 31.6 Å². The third-order valence-corrected chi connectivity index (χ3v) is 4.35. The van der Waals surface area contributed by atoms with E-state index in [-0.39, 0.29) is 5.91 Å². The molecule has 4 heteroatoms. The van der Waals surface area contributed by atoms with E-state index >= 15 is 0 Å². The van der Waals surface area contributed by atoms with Crippen LogP contribution >= 0.6 is 0 Å². The lowest BCUT2D eigenvalue weighted by Crippen LogP contribution is -2.56. The number of morpholine rings is 1. The highest BCUT2D eigenvalue weighted by atomic mass is 16.5. The first-order chi connectivity index (χ1) is 9.95. The molecule has 1 heterocycles. The number of nitrogens with one attached hydrogen (secondary N) is 1. The van der Waals surface area contributed by atoms with Gasteiger partial charge in [0.15, 0.2) is 0 Å². The summed E-state index contributed by atoms with van der Waals surface area (Å²) in [4.78, 5) is 14.8. The third kappa shape index (κ3) is 3.63. The number of amides is 1. The minimum atomic E-state index is -0.527. The molecule has 2 rings (SSSR count). The summed E-state index contributed by atoms with van der Waals surface area (Å²) in [6.45, 7) is 11.2. The van der Waals surface area contributed by atoms with Crippen LogP contribution in [-0.2, 0) is 16.0 Å². The van der Waals surface area contributed by atoms with E-state index in [1.54, 1.807) is 0 Å². The van der Waals surface area contributed by atoms with Gasteiger partial charge in [-0.3, -0.25) is 9.69 Å². The number of hydrogen-bond acceptors (Lipinski definition) is 3. The molecule has 0 spiro atoms. The Morgan fingerprint density at radius 1 is 1.33 bits per heavy atom. The highest BCUT2D eigenvalue weighted by Crippen LogP contribution is 2.21. The van der Waals surface area contributed by atoms with Crippen molar-refractivity contribution in [3.05, 3.63) is 29.3 Å². The molecule has 0 aromatic heterocycles. The standard InChI is InChI=1S/C17H26N2O2/c1-5-14-12-15(7-6-13(14)2)18-16(20)17(3,4)19-8-10-21-11-9-19/h6-7,12H,5,8-11H2,1-4H3,(H,18,20). The molecule has 4 nitrogen and oxygen atoms in total. The molecule has 1 aliphatic rings. The SMILES string of the molecule is CCc1cc(NC(=O)C(C)(C)N2CCOCC2)ccc1C. The first-order valence-corrected chi connectivity index (χ1v) is 7.69. The Labute approximate surface area is 127 Å². The third-order valence-electron chi connectivity index (χ3n) is 4.35. The highest BCUT2D eigenvalue weighted by Gasteiger charge is 2.35. The fourth-order valence-corrected chi connectivity index (χ4v) is 2.68. The van der Waals surface area contributed by atoms with Crippen LogP contribution < -0.4 is 5.32 Å².